The van der Waals surface area contributed by atoms with Gasteiger partial charge in [0, 0.05) is 11.5 Å². The maximum atomic E-state index is 13.2. The molecule has 2 N–H and O–H groups in total. The third-order valence-corrected chi connectivity index (χ3v) is 4.34. The summed E-state index contributed by atoms with van der Waals surface area (Å²) in [5, 5.41) is 24.8. The Hall–Kier alpha value is -3.05. The van der Waals surface area contributed by atoms with E-state index >= 15 is 0 Å². The van der Waals surface area contributed by atoms with Gasteiger partial charge >= 0.3 is 0 Å². The summed E-state index contributed by atoms with van der Waals surface area (Å²) < 4.78 is 14.9. The van der Waals surface area contributed by atoms with Crippen LogP contribution in [0.1, 0.15) is 0 Å². The number of fused-ring (bicyclic) bond motifs is 1. The topological polar surface area (TPSA) is 58.3 Å². The van der Waals surface area contributed by atoms with Crippen LogP contribution in [0, 0.1) is 5.82 Å². The fraction of sp³-hybridized carbons (Fsp3) is 0. The Kier molecular flexibility index (Phi) is 3.58. The number of nitrogens with zero attached hydrogens (tertiary/aromatic N) is 2. The van der Waals surface area contributed by atoms with E-state index in [1.807, 2.05) is 24.3 Å². The van der Waals surface area contributed by atoms with E-state index < -0.39 is 11.6 Å². The van der Waals surface area contributed by atoms with Gasteiger partial charge in [-0.3, -0.25) is 0 Å². The van der Waals surface area contributed by atoms with E-state index in [0.29, 0.717) is 10.7 Å². The summed E-state index contributed by atoms with van der Waals surface area (Å²) in [5.74, 6) is -1.07. The number of phenolic OH excluding ortho intramolecular Hbond substituents is 2. The highest BCUT2D eigenvalue weighted by molar-refractivity contribution is 6.32. The van der Waals surface area contributed by atoms with Gasteiger partial charge in [0.05, 0.1) is 22.4 Å². The molecule has 0 radical (unpaired) electrons. The van der Waals surface area contributed by atoms with E-state index in [1.54, 1.807) is 29.1 Å². The van der Waals surface area contributed by atoms with Crippen LogP contribution in [-0.2, 0) is 0 Å². The van der Waals surface area contributed by atoms with Crippen molar-refractivity contribution < 1.29 is 14.6 Å². The van der Waals surface area contributed by atoms with Crippen molar-refractivity contribution in [1.29, 1.82) is 0 Å². The summed E-state index contributed by atoms with van der Waals surface area (Å²) in [7, 11) is 0. The summed E-state index contributed by atoms with van der Waals surface area (Å²) in [6.45, 7) is 0. The van der Waals surface area contributed by atoms with Gasteiger partial charge in [0.15, 0.2) is 11.6 Å². The second-order valence-electron chi connectivity index (χ2n) is 5.63. The molecule has 0 bridgehead atoms. The molecule has 1 aromatic heterocycles. The zero-order chi connectivity index (χ0) is 17.6. The van der Waals surface area contributed by atoms with Crippen molar-refractivity contribution in [1.82, 2.24) is 9.78 Å². The van der Waals surface area contributed by atoms with E-state index in [4.69, 9.17) is 11.6 Å². The lowest BCUT2D eigenvalue weighted by Crippen LogP contribution is -1.96. The SMILES string of the molecule is Oc1cc(-n2ncc3cc(-c4ccc(Cl)c(O)c4)ccc32)ccc1F. The van der Waals surface area contributed by atoms with Crippen molar-refractivity contribution in [3.05, 3.63) is 71.6 Å². The first-order valence-electron chi connectivity index (χ1n) is 7.48. The normalized spacial score (nSPS) is 11.1. The highest BCUT2D eigenvalue weighted by atomic mass is 35.5. The highest BCUT2D eigenvalue weighted by Gasteiger charge is 2.10. The Labute approximate surface area is 147 Å². The molecule has 0 aliphatic rings. The summed E-state index contributed by atoms with van der Waals surface area (Å²) >= 11 is 5.85. The van der Waals surface area contributed by atoms with E-state index in [-0.39, 0.29) is 5.75 Å². The average molecular weight is 355 g/mol. The molecule has 0 saturated heterocycles. The Morgan fingerprint density at radius 3 is 2.40 bits per heavy atom. The minimum absolute atomic E-state index is 0.0248. The van der Waals surface area contributed by atoms with Gasteiger partial charge in [0.2, 0.25) is 0 Å². The Morgan fingerprint density at radius 1 is 0.880 bits per heavy atom. The van der Waals surface area contributed by atoms with Crippen molar-refractivity contribution in [2.45, 2.75) is 0 Å². The number of halogens is 2. The van der Waals surface area contributed by atoms with E-state index in [1.165, 1.54) is 12.1 Å². The number of hydrogen-bond donors (Lipinski definition) is 2. The molecule has 0 atom stereocenters. The maximum absolute atomic E-state index is 13.2. The van der Waals surface area contributed by atoms with Crippen LogP contribution >= 0.6 is 11.6 Å². The number of phenols is 2. The summed E-state index contributed by atoms with van der Waals surface area (Å²) in [6, 6.07) is 14.8. The van der Waals surface area contributed by atoms with E-state index in [0.717, 1.165) is 22.0 Å². The quantitative estimate of drug-likeness (QED) is 0.538. The number of aromatic nitrogens is 2. The second kappa shape index (κ2) is 5.79. The molecular formula is C19H12ClFN2O2. The lowest BCUT2D eigenvalue weighted by Gasteiger charge is -2.07. The number of hydrogen-bond acceptors (Lipinski definition) is 3. The molecule has 4 nitrogen and oxygen atoms in total. The van der Waals surface area contributed by atoms with Crippen LogP contribution < -0.4 is 0 Å². The Morgan fingerprint density at radius 2 is 1.64 bits per heavy atom. The molecule has 124 valence electrons. The van der Waals surface area contributed by atoms with Crippen LogP contribution in [0.5, 0.6) is 11.5 Å². The number of aromatic hydroxyl groups is 2. The molecule has 0 aliphatic carbocycles. The zero-order valence-corrected chi connectivity index (χ0v) is 13.6. The molecule has 3 aromatic carbocycles. The average Bonchev–Trinajstić information content (AvgIpc) is 3.03. The van der Waals surface area contributed by atoms with Gasteiger partial charge in [-0.25, -0.2) is 9.07 Å². The van der Waals surface area contributed by atoms with Crippen LogP contribution in [0.4, 0.5) is 4.39 Å². The maximum Gasteiger partial charge on any atom is 0.164 e. The van der Waals surface area contributed by atoms with Crippen molar-refractivity contribution in [2.24, 2.45) is 0 Å². The molecule has 4 aromatic rings. The fourth-order valence-electron chi connectivity index (χ4n) is 2.74. The van der Waals surface area contributed by atoms with Crippen molar-refractivity contribution in [2.75, 3.05) is 0 Å². The first-order chi connectivity index (χ1) is 12.0. The monoisotopic (exact) mass is 354 g/mol. The standard InChI is InChI=1S/C19H12ClFN2O2/c20-15-4-1-12(8-18(15)24)11-2-6-17-13(7-11)10-22-23(17)14-3-5-16(21)19(25)9-14/h1-10,24-25H. The lowest BCUT2D eigenvalue weighted by atomic mass is 10.0. The predicted octanol–water partition coefficient (Wildman–Crippen LogP) is 4.90. The van der Waals surface area contributed by atoms with Crippen LogP contribution in [0.15, 0.2) is 60.8 Å². The van der Waals surface area contributed by atoms with Gasteiger partial charge in [0.25, 0.3) is 0 Å². The molecule has 0 spiro atoms. The van der Waals surface area contributed by atoms with Crippen molar-refractivity contribution in [3.8, 4) is 28.3 Å². The predicted molar refractivity (Wildman–Crippen MR) is 94.8 cm³/mol. The molecule has 1 heterocycles. The van der Waals surface area contributed by atoms with Gasteiger partial charge < -0.3 is 10.2 Å². The second-order valence-corrected chi connectivity index (χ2v) is 6.04. The molecule has 0 fully saturated rings. The minimum Gasteiger partial charge on any atom is -0.506 e. The van der Waals surface area contributed by atoms with Crippen LogP contribution in [0.2, 0.25) is 5.02 Å². The van der Waals surface area contributed by atoms with Gasteiger partial charge in [0.1, 0.15) is 5.75 Å². The highest BCUT2D eigenvalue weighted by Crippen LogP contribution is 2.31. The third-order valence-electron chi connectivity index (χ3n) is 4.02. The van der Waals surface area contributed by atoms with E-state index in [9.17, 15) is 14.6 Å². The van der Waals surface area contributed by atoms with Crippen LogP contribution in [0.25, 0.3) is 27.7 Å². The van der Waals surface area contributed by atoms with Crippen molar-refractivity contribution in [3.63, 3.8) is 0 Å². The first-order valence-corrected chi connectivity index (χ1v) is 7.86. The first kappa shape index (κ1) is 15.5. The lowest BCUT2D eigenvalue weighted by molar-refractivity contribution is 0.432. The van der Waals surface area contributed by atoms with Crippen LogP contribution in [0.3, 0.4) is 0 Å². The molecule has 25 heavy (non-hydrogen) atoms. The van der Waals surface area contributed by atoms with Crippen LogP contribution in [-0.4, -0.2) is 20.0 Å². The summed E-state index contributed by atoms with van der Waals surface area (Å²) in [5.41, 5.74) is 3.11. The smallest absolute Gasteiger partial charge is 0.164 e. The zero-order valence-electron chi connectivity index (χ0n) is 12.8. The number of rotatable bonds is 2. The van der Waals surface area contributed by atoms with Gasteiger partial charge in [-0.2, -0.15) is 5.10 Å². The molecule has 0 amide bonds. The largest absolute Gasteiger partial charge is 0.506 e. The molecule has 0 saturated carbocycles. The summed E-state index contributed by atoms with van der Waals surface area (Å²) in [4.78, 5) is 0. The Balaban J connectivity index is 1.81. The third kappa shape index (κ3) is 2.68. The molecule has 6 heteroatoms. The number of benzene rings is 3. The molecule has 0 unspecified atom stereocenters. The molecular weight excluding hydrogens is 343 g/mol. The van der Waals surface area contributed by atoms with Gasteiger partial charge in [-0.1, -0.05) is 23.7 Å². The Bertz CT molecular complexity index is 1110. The van der Waals surface area contributed by atoms with E-state index in [2.05, 4.69) is 5.10 Å². The molecule has 0 aliphatic heterocycles. The minimum atomic E-state index is -0.676. The fourth-order valence-corrected chi connectivity index (χ4v) is 2.86. The van der Waals surface area contributed by atoms with Gasteiger partial charge in [-0.15, -0.1) is 0 Å². The van der Waals surface area contributed by atoms with Gasteiger partial charge in [-0.05, 0) is 47.5 Å². The molecule has 4 rings (SSSR count). The van der Waals surface area contributed by atoms with Crippen molar-refractivity contribution >= 4 is 22.5 Å². The summed E-state index contributed by atoms with van der Waals surface area (Å²) in [6.07, 6.45) is 1.69.